The predicted molar refractivity (Wildman–Crippen MR) is 75.7 cm³/mol. The summed E-state index contributed by atoms with van der Waals surface area (Å²) in [7, 11) is 1.28. The highest BCUT2D eigenvalue weighted by molar-refractivity contribution is 7.15. The predicted octanol–water partition coefficient (Wildman–Crippen LogP) is 1.53. The van der Waals surface area contributed by atoms with E-state index in [1.54, 1.807) is 27.0 Å². The van der Waals surface area contributed by atoms with Gasteiger partial charge in [-0.05, 0) is 20.8 Å². The van der Waals surface area contributed by atoms with Crippen molar-refractivity contribution in [1.29, 1.82) is 0 Å². The number of ether oxygens (including phenoxy) is 2. The number of thiazole rings is 1. The molecule has 8 heteroatoms. The topological polar surface area (TPSA) is 104 Å². The lowest BCUT2D eigenvalue weighted by Crippen LogP contribution is -2.33. The molecule has 0 aromatic carbocycles. The van der Waals surface area contributed by atoms with Crippen molar-refractivity contribution in [3.8, 4) is 0 Å². The second-order valence-electron chi connectivity index (χ2n) is 5.09. The van der Waals surface area contributed by atoms with Crippen molar-refractivity contribution in [2.45, 2.75) is 38.8 Å². The number of carbonyl (C=O) groups is 2. The Morgan fingerprint density at radius 3 is 2.70 bits per heavy atom. The molecule has 0 saturated carbocycles. The first-order chi connectivity index (χ1) is 9.21. The third-order valence-corrected chi connectivity index (χ3v) is 3.02. The van der Waals surface area contributed by atoms with Gasteiger partial charge in [-0.1, -0.05) is 0 Å². The number of hydrogen-bond acceptors (Lipinski definition) is 7. The van der Waals surface area contributed by atoms with Crippen LogP contribution in [0.4, 0.5) is 9.93 Å². The standard InChI is InChI=1S/C12H19N3O4S/c1-12(2,3)19-11(17)15-10-14-6-7(20-10)5-8(13)9(16)18-4/h6,8H,5,13H2,1-4H3,(H,14,15,17). The lowest BCUT2D eigenvalue weighted by atomic mass is 10.2. The normalized spacial score (nSPS) is 12.7. The summed E-state index contributed by atoms with van der Waals surface area (Å²) in [4.78, 5) is 27.5. The SMILES string of the molecule is COC(=O)C(N)Cc1cnc(NC(=O)OC(C)(C)C)s1. The molecule has 0 spiro atoms. The highest BCUT2D eigenvalue weighted by Gasteiger charge is 2.19. The summed E-state index contributed by atoms with van der Waals surface area (Å²) in [5, 5.41) is 2.92. The van der Waals surface area contributed by atoms with Gasteiger partial charge in [-0.3, -0.25) is 10.1 Å². The minimum absolute atomic E-state index is 0.306. The number of aromatic nitrogens is 1. The molecule has 1 aromatic rings. The third kappa shape index (κ3) is 5.54. The van der Waals surface area contributed by atoms with Crippen LogP contribution in [0.1, 0.15) is 25.6 Å². The van der Waals surface area contributed by atoms with E-state index < -0.39 is 23.7 Å². The van der Waals surface area contributed by atoms with Gasteiger partial charge in [-0.15, -0.1) is 11.3 Å². The first-order valence-electron chi connectivity index (χ1n) is 5.99. The molecule has 1 unspecified atom stereocenters. The van der Waals surface area contributed by atoms with Crippen LogP contribution in [0.15, 0.2) is 6.20 Å². The zero-order valence-corrected chi connectivity index (χ0v) is 12.7. The molecule has 0 aliphatic rings. The van der Waals surface area contributed by atoms with Crippen LogP contribution < -0.4 is 11.1 Å². The van der Waals surface area contributed by atoms with Gasteiger partial charge in [-0.25, -0.2) is 9.78 Å². The summed E-state index contributed by atoms with van der Waals surface area (Å²) in [5.74, 6) is -0.486. The van der Waals surface area contributed by atoms with E-state index in [1.165, 1.54) is 18.4 Å². The number of nitrogens with one attached hydrogen (secondary N) is 1. The fraction of sp³-hybridized carbons (Fsp3) is 0.583. The van der Waals surface area contributed by atoms with Crippen LogP contribution in [0.2, 0.25) is 0 Å². The number of nitrogens with zero attached hydrogens (tertiary/aromatic N) is 1. The minimum atomic E-state index is -0.741. The Morgan fingerprint density at radius 2 is 2.15 bits per heavy atom. The molecular weight excluding hydrogens is 282 g/mol. The molecule has 1 aromatic heterocycles. The van der Waals surface area contributed by atoms with E-state index in [1.807, 2.05) is 0 Å². The van der Waals surface area contributed by atoms with Crippen molar-refractivity contribution < 1.29 is 19.1 Å². The molecule has 0 bridgehead atoms. The Hall–Kier alpha value is -1.67. The number of rotatable bonds is 4. The fourth-order valence-electron chi connectivity index (χ4n) is 1.30. The molecule has 7 nitrogen and oxygen atoms in total. The van der Waals surface area contributed by atoms with Gasteiger partial charge in [0.1, 0.15) is 11.6 Å². The smallest absolute Gasteiger partial charge is 0.413 e. The van der Waals surface area contributed by atoms with Crippen molar-refractivity contribution in [2.24, 2.45) is 5.73 Å². The molecular formula is C12H19N3O4S. The first kappa shape index (κ1) is 16.4. The molecule has 1 rings (SSSR count). The molecule has 0 aliphatic heterocycles. The van der Waals surface area contributed by atoms with Gasteiger partial charge in [0.05, 0.1) is 7.11 Å². The van der Waals surface area contributed by atoms with E-state index in [9.17, 15) is 9.59 Å². The Labute approximate surface area is 121 Å². The number of hydrogen-bond donors (Lipinski definition) is 2. The van der Waals surface area contributed by atoms with Crippen molar-refractivity contribution >= 4 is 28.5 Å². The van der Waals surface area contributed by atoms with E-state index in [2.05, 4.69) is 15.0 Å². The van der Waals surface area contributed by atoms with Crippen LogP contribution in [0.5, 0.6) is 0 Å². The van der Waals surface area contributed by atoms with Crippen LogP contribution in [0.3, 0.4) is 0 Å². The Kier molecular flexibility index (Phi) is 5.46. The second kappa shape index (κ2) is 6.67. The Morgan fingerprint density at radius 1 is 1.50 bits per heavy atom. The summed E-state index contributed by atoms with van der Waals surface area (Å²) >= 11 is 1.23. The van der Waals surface area contributed by atoms with Gasteiger partial charge < -0.3 is 15.2 Å². The van der Waals surface area contributed by atoms with Gasteiger partial charge in [0.2, 0.25) is 0 Å². The number of anilines is 1. The summed E-state index contributed by atoms with van der Waals surface area (Å²) in [6, 6.07) is -0.741. The highest BCUT2D eigenvalue weighted by Crippen LogP contribution is 2.20. The lowest BCUT2D eigenvalue weighted by Gasteiger charge is -2.18. The number of amides is 1. The van der Waals surface area contributed by atoms with Crippen LogP contribution in [-0.2, 0) is 20.7 Å². The zero-order valence-electron chi connectivity index (χ0n) is 11.9. The maximum absolute atomic E-state index is 11.5. The lowest BCUT2D eigenvalue weighted by molar-refractivity contribution is -0.142. The van der Waals surface area contributed by atoms with Crippen molar-refractivity contribution in [2.75, 3.05) is 12.4 Å². The minimum Gasteiger partial charge on any atom is -0.468 e. The van der Waals surface area contributed by atoms with Crippen LogP contribution >= 0.6 is 11.3 Å². The summed E-state index contributed by atoms with van der Waals surface area (Å²) < 4.78 is 9.65. The fourth-order valence-corrected chi connectivity index (χ4v) is 2.16. The zero-order chi connectivity index (χ0) is 15.3. The number of esters is 1. The Balaban J connectivity index is 2.55. The average Bonchev–Trinajstić information content (AvgIpc) is 2.72. The van der Waals surface area contributed by atoms with E-state index in [-0.39, 0.29) is 0 Å². The van der Waals surface area contributed by atoms with Gasteiger partial charge >= 0.3 is 12.1 Å². The summed E-state index contributed by atoms with van der Waals surface area (Å²) in [5.41, 5.74) is 5.07. The van der Waals surface area contributed by atoms with Crippen LogP contribution in [0, 0.1) is 0 Å². The van der Waals surface area contributed by atoms with Crippen molar-refractivity contribution in [3.63, 3.8) is 0 Å². The number of carbonyl (C=O) groups excluding carboxylic acids is 2. The third-order valence-electron chi connectivity index (χ3n) is 2.09. The Bertz CT molecular complexity index is 481. The molecule has 20 heavy (non-hydrogen) atoms. The second-order valence-corrected chi connectivity index (χ2v) is 6.21. The molecule has 1 atom stereocenters. The van der Waals surface area contributed by atoms with E-state index in [0.717, 1.165) is 4.88 Å². The van der Waals surface area contributed by atoms with Gasteiger partial charge in [0, 0.05) is 17.5 Å². The van der Waals surface area contributed by atoms with Crippen LogP contribution in [0.25, 0.3) is 0 Å². The number of nitrogens with two attached hydrogens (primary N) is 1. The highest BCUT2D eigenvalue weighted by atomic mass is 32.1. The van der Waals surface area contributed by atoms with Gasteiger partial charge in [-0.2, -0.15) is 0 Å². The van der Waals surface area contributed by atoms with Crippen molar-refractivity contribution in [1.82, 2.24) is 4.98 Å². The van der Waals surface area contributed by atoms with Gasteiger partial charge in [0.25, 0.3) is 0 Å². The van der Waals surface area contributed by atoms with Gasteiger partial charge in [0.15, 0.2) is 5.13 Å². The van der Waals surface area contributed by atoms with Crippen LogP contribution in [-0.4, -0.2) is 35.8 Å². The molecule has 112 valence electrons. The molecule has 0 saturated heterocycles. The molecule has 0 aliphatic carbocycles. The van der Waals surface area contributed by atoms with E-state index in [0.29, 0.717) is 11.6 Å². The van der Waals surface area contributed by atoms with E-state index >= 15 is 0 Å². The monoisotopic (exact) mass is 301 g/mol. The molecule has 0 radical (unpaired) electrons. The molecule has 0 fully saturated rings. The molecule has 1 heterocycles. The van der Waals surface area contributed by atoms with Crippen molar-refractivity contribution in [3.05, 3.63) is 11.1 Å². The largest absolute Gasteiger partial charge is 0.468 e. The average molecular weight is 301 g/mol. The maximum atomic E-state index is 11.5. The first-order valence-corrected chi connectivity index (χ1v) is 6.81. The quantitative estimate of drug-likeness (QED) is 0.817. The molecule has 3 N–H and O–H groups in total. The summed E-state index contributed by atoms with van der Waals surface area (Å²) in [6.07, 6.45) is 1.29. The summed E-state index contributed by atoms with van der Waals surface area (Å²) in [6.45, 7) is 5.32. The maximum Gasteiger partial charge on any atom is 0.413 e. The molecule has 1 amide bonds. The van der Waals surface area contributed by atoms with E-state index in [4.69, 9.17) is 10.5 Å². The number of methoxy groups -OCH3 is 1.